The van der Waals surface area contributed by atoms with Crippen molar-refractivity contribution in [1.82, 2.24) is 5.32 Å². The molecule has 0 bridgehead atoms. The van der Waals surface area contributed by atoms with Gasteiger partial charge in [0.25, 0.3) is 5.91 Å². The van der Waals surface area contributed by atoms with E-state index in [0.717, 1.165) is 5.56 Å². The number of nitriles is 1. The number of halogens is 1. The number of aryl methyl sites for hydroxylation is 1. The first-order valence-corrected chi connectivity index (χ1v) is 5.80. The Morgan fingerprint density at radius 3 is 2.65 bits per heavy atom. The molecular weight excluding hydrogens is 236 g/mol. The van der Waals surface area contributed by atoms with E-state index in [4.69, 9.17) is 16.9 Å². The number of benzene rings is 1. The van der Waals surface area contributed by atoms with E-state index in [0.29, 0.717) is 10.6 Å². The highest BCUT2D eigenvalue weighted by atomic mass is 35.5. The van der Waals surface area contributed by atoms with Crippen LogP contribution in [0.15, 0.2) is 18.2 Å². The van der Waals surface area contributed by atoms with E-state index >= 15 is 0 Å². The maximum atomic E-state index is 11.9. The molecule has 1 rings (SSSR count). The summed E-state index contributed by atoms with van der Waals surface area (Å²) < 4.78 is 0. The van der Waals surface area contributed by atoms with Crippen LogP contribution in [0, 0.1) is 24.2 Å². The van der Waals surface area contributed by atoms with E-state index in [-0.39, 0.29) is 11.8 Å². The molecule has 0 fully saturated rings. The highest BCUT2D eigenvalue weighted by Gasteiger charge is 2.18. The second-order valence-corrected chi connectivity index (χ2v) is 4.64. The monoisotopic (exact) mass is 250 g/mol. The van der Waals surface area contributed by atoms with Gasteiger partial charge < -0.3 is 5.32 Å². The van der Waals surface area contributed by atoms with Crippen molar-refractivity contribution in [2.24, 2.45) is 5.92 Å². The summed E-state index contributed by atoms with van der Waals surface area (Å²) in [6.07, 6.45) is 0. The van der Waals surface area contributed by atoms with E-state index in [1.54, 1.807) is 12.1 Å². The van der Waals surface area contributed by atoms with Crippen molar-refractivity contribution >= 4 is 17.5 Å². The molecule has 17 heavy (non-hydrogen) atoms. The van der Waals surface area contributed by atoms with Gasteiger partial charge in [0.15, 0.2) is 0 Å². The summed E-state index contributed by atoms with van der Waals surface area (Å²) in [7, 11) is 0. The first-order valence-electron chi connectivity index (χ1n) is 5.43. The molecule has 0 saturated heterocycles. The first-order chi connectivity index (χ1) is 7.97. The molecule has 3 nitrogen and oxygen atoms in total. The molecule has 1 atom stereocenters. The van der Waals surface area contributed by atoms with Crippen molar-refractivity contribution in [3.8, 4) is 6.07 Å². The molecule has 4 heteroatoms. The number of nitrogens with zero attached hydrogens (tertiary/aromatic N) is 1. The topological polar surface area (TPSA) is 52.9 Å². The van der Waals surface area contributed by atoms with Crippen LogP contribution in [-0.4, -0.2) is 11.9 Å². The van der Waals surface area contributed by atoms with E-state index < -0.39 is 6.04 Å². The Kier molecular flexibility index (Phi) is 4.53. The van der Waals surface area contributed by atoms with Crippen molar-refractivity contribution in [3.63, 3.8) is 0 Å². The third kappa shape index (κ3) is 3.21. The van der Waals surface area contributed by atoms with Crippen LogP contribution in [0.3, 0.4) is 0 Å². The van der Waals surface area contributed by atoms with Gasteiger partial charge in [0.2, 0.25) is 0 Å². The van der Waals surface area contributed by atoms with E-state index in [1.807, 2.05) is 26.8 Å². The van der Waals surface area contributed by atoms with Crippen LogP contribution in [0.1, 0.15) is 29.8 Å². The summed E-state index contributed by atoms with van der Waals surface area (Å²) in [6.45, 7) is 5.60. The normalized spacial score (nSPS) is 12.0. The van der Waals surface area contributed by atoms with Gasteiger partial charge in [-0.1, -0.05) is 37.6 Å². The summed E-state index contributed by atoms with van der Waals surface area (Å²) in [5.74, 6) is -0.244. The van der Waals surface area contributed by atoms with Crippen LogP contribution in [0.5, 0.6) is 0 Å². The molecular formula is C13H15ClN2O. The third-order valence-electron chi connectivity index (χ3n) is 2.53. The molecule has 0 aliphatic heterocycles. The van der Waals surface area contributed by atoms with E-state index in [9.17, 15) is 4.79 Å². The van der Waals surface area contributed by atoms with Gasteiger partial charge in [-0.2, -0.15) is 5.26 Å². The van der Waals surface area contributed by atoms with Crippen LogP contribution in [0.4, 0.5) is 0 Å². The lowest BCUT2D eigenvalue weighted by molar-refractivity contribution is 0.0937. The number of rotatable bonds is 3. The lowest BCUT2D eigenvalue weighted by Gasteiger charge is -2.15. The average Bonchev–Trinajstić information content (AvgIpc) is 2.28. The van der Waals surface area contributed by atoms with E-state index in [2.05, 4.69) is 11.4 Å². The van der Waals surface area contributed by atoms with Crippen LogP contribution in [-0.2, 0) is 0 Å². The minimum absolute atomic E-state index is 0.0625. The number of hydrogen-bond donors (Lipinski definition) is 1. The molecule has 0 spiro atoms. The number of hydrogen-bond acceptors (Lipinski definition) is 2. The fraction of sp³-hybridized carbons (Fsp3) is 0.385. The summed E-state index contributed by atoms with van der Waals surface area (Å²) in [5, 5.41) is 12.0. The zero-order valence-corrected chi connectivity index (χ0v) is 10.9. The number of nitrogens with one attached hydrogen (secondary N) is 1. The van der Waals surface area contributed by atoms with Gasteiger partial charge in [-0.3, -0.25) is 4.79 Å². The molecule has 0 radical (unpaired) electrons. The largest absolute Gasteiger partial charge is 0.336 e. The average molecular weight is 251 g/mol. The van der Waals surface area contributed by atoms with Gasteiger partial charge in [-0.15, -0.1) is 0 Å². The molecule has 1 aromatic carbocycles. The number of carbonyl (C=O) groups excluding carboxylic acids is 1. The Hall–Kier alpha value is -1.53. The Bertz CT molecular complexity index is 463. The molecule has 1 unspecified atom stereocenters. The number of amides is 1. The number of carbonyl (C=O) groups is 1. The quantitative estimate of drug-likeness (QED) is 0.897. The smallest absolute Gasteiger partial charge is 0.253 e. The molecule has 0 aliphatic carbocycles. The maximum Gasteiger partial charge on any atom is 0.253 e. The molecule has 1 amide bonds. The SMILES string of the molecule is Cc1cccc(C(=O)NC(C#N)C(C)C)c1Cl. The third-order valence-corrected chi connectivity index (χ3v) is 3.03. The van der Waals surface area contributed by atoms with Crippen molar-refractivity contribution in [2.45, 2.75) is 26.8 Å². The van der Waals surface area contributed by atoms with Crippen molar-refractivity contribution in [3.05, 3.63) is 34.3 Å². The highest BCUT2D eigenvalue weighted by Crippen LogP contribution is 2.20. The lowest BCUT2D eigenvalue weighted by Crippen LogP contribution is -2.37. The van der Waals surface area contributed by atoms with Crippen LogP contribution in [0.2, 0.25) is 5.02 Å². The zero-order chi connectivity index (χ0) is 13.0. The molecule has 1 N–H and O–H groups in total. The standard InChI is InChI=1S/C13H15ClN2O/c1-8(2)11(7-15)16-13(17)10-6-4-5-9(3)12(10)14/h4-6,8,11H,1-3H3,(H,16,17). The van der Waals surface area contributed by atoms with Crippen molar-refractivity contribution < 1.29 is 4.79 Å². The predicted octanol–water partition coefficient (Wildman–Crippen LogP) is 2.93. The summed E-state index contributed by atoms with van der Waals surface area (Å²) in [4.78, 5) is 11.9. The van der Waals surface area contributed by atoms with Crippen LogP contribution in [0.25, 0.3) is 0 Å². The zero-order valence-electron chi connectivity index (χ0n) is 10.1. The fourth-order valence-electron chi connectivity index (χ4n) is 1.39. The second kappa shape index (κ2) is 5.70. The van der Waals surface area contributed by atoms with Gasteiger partial charge in [0, 0.05) is 0 Å². The molecule has 90 valence electrons. The fourth-order valence-corrected chi connectivity index (χ4v) is 1.60. The molecule has 0 saturated carbocycles. The minimum Gasteiger partial charge on any atom is -0.336 e. The predicted molar refractivity (Wildman–Crippen MR) is 67.9 cm³/mol. The van der Waals surface area contributed by atoms with Gasteiger partial charge >= 0.3 is 0 Å². The molecule has 0 aliphatic rings. The highest BCUT2D eigenvalue weighted by molar-refractivity contribution is 6.34. The van der Waals surface area contributed by atoms with Gasteiger partial charge in [-0.05, 0) is 24.5 Å². The van der Waals surface area contributed by atoms with Gasteiger partial charge in [0.05, 0.1) is 16.7 Å². The van der Waals surface area contributed by atoms with Crippen molar-refractivity contribution in [2.75, 3.05) is 0 Å². The Labute approximate surface area is 106 Å². The van der Waals surface area contributed by atoms with E-state index in [1.165, 1.54) is 0 Å². The Morgan fingerprint density at radius 1 is 1.47 bits per heavy atom. The maximum absolute atomic E-state index is 11.9. The minimum atomic E-state index is -0.501. The van der Waals surface area contributed by atoms with Crippen LogP contribution >= 0.6 is 11.6 Å². The Morgan fingerprint density at radius 2 is 2.12 bits per heavy atom. The summed E-state index contributed by atoms with van der Waals surface area (Å²) in [6, 6.07) is 6.82. The first kappa shape index (κ1) is 13.5. The molecule has 0 heterocycles. The second-order valence-electron chi connectivity index (χ2n) is 4.26. The lowest BCUT2D eigenvalue weighted by atomic mass is 10.0. The van der Waals surface area contributed by atoms with Crippen molar-refractivity contribution in [1.29, 1.82) is 5.26 Å². The van der Waals surface area contributed by atoms with Gasteiger partial charge in [0.1, 0.15) is 6.04 Å². The molecule has 1 aromatic rings. The summed E-state index contributed by atoms with van der Waals surface area (Å²) in [5.41, 5.74) is 1.25. The summed E-state index contributed by atoms with van der Waals surface area (Å²) >= 11 is 6.05. The Balaban J connectivity index is 2.91. The van der Waals surface area contributed by atoms with Gasteiger partial charge in [-0.25, -0.2) is 0 Å². The molecule has 0 aromatic heterocycles. The van der Waals surface area contributed by atoms with Crippen LogP contribution < -0.4 is 5.32 Å².